The van der Waals surface area contributed by atoms with Gasteiger partial charge in [-0.2, -0.15) is 5.10 Å². The first-order chi connectivity index (χ1) is 13.0. The number of carbonyl (C=O) groups excluding carboxylic acids is 1. The van der Waals surface area contributed by atoms with Crippen molar-refractivity contribution in [2.24, 2.45) is 0 Å². The summed E-state index contributed by atoms with van der Waals surface area (Å²) in [6.07, 6.45) is 5.91. The summed E-state index contributed by atoms with van der Waals surface area (Å²) < 4.78 is 0. The SMILES string of the molecule is CC(C)Nc1c(C(=O)NC2CC(O)C2)cnc2ccc(-c3cn[nH]c3)nc12. The number of carbonyl (C=O) groups is 1. The van der Waals surface area contributed by atoms with Crippen LogP contribution in [0, 0.1) is 0 Å². The van der Waals surface area contributed by atoms with Crippen molar-refractivity contribution in [3.8, 4) is 11.3 Å². The molecule has 0 aliphatic heterocycles. The smallest absolute Gasteiger partial charge is 0.255 e. The molecule has 3 heterocycles. The average molecular weight is 366 g/mol. The number of hydrogen-bond acceptors (Lipinski definition) is 6. The third kappa shape index (κ3) is 3.48. The second kappa shape index (κ2) is 6.96. The fourth-order valence-corrected chi connectivity index (χ4v) is 3.19. The quantitative estimate of drug-likeness (QED) is 0.549. The van der Waals surface area contributed by atoms with E-state index in [4.69, 9.17) is 4.98 Å². The summed E-state index contributed by atoms with van der Waals surface area (Å²) in [4.78, 5) is 22.0. The number of hydrogen-bond donors (Lipinski definition) is 4. The first-order valence-corrected chi connectivity index (χ1v) is 9.05. The molecule has 1 saturated carbocycles. The minimum Gasteiger partial charge on any atom is -0.393 e. The molecule has 140 valence electrons. The molecule has 1 amide bonds. The van der Waals surface area contributed by atoms with E-state index in [1.807, 2.05) is 26.0 Å². The van der Waals surface area contributed by atoms with E-state index in [0.29, 0.717) is 35.1 Å². The molecule has 0 unspecified atom stereocenters. The number of aliphatic hydroxyl groups excluding tert-OH is 1. The van der Waals surface area contributed by atoms with Crippen LogP contribution in [0.3, 0.4) is 0 Å². The average Bonchev–Trinajstić information content (AvgIpc) is 3.14. The zero-order chi connectivity index (χ0) is 19.0. The highest BCUT2D eigenvalue weighted by Crippen LogP contribution is 2.29. The number of fused-ring (bicyclic) bond motifs is 1. The van der Waals surface area contributed by atoms with Gasteiger partial charge in [0.2, 0.25) is 0 Å². The van der Waals surface area contributed by atoms with E-state index < -0.39 is 0 Å². The van der Waals surface area contributed by atoms with Crippen LogP contribution in [-0.2, 0) is 0 Å². The summed E-state index contributed by atoms with van der Waals surface area (Å²) in [7, 11) is 0. The highest BCUT2D eigenvalue weighted by atomic mass is 16.3. The minimum absolute atomic E-state index is 0.000297. The maximum Gasteiger partial charge on any atom is 0.255 e. The topological polar surface area (TPSA) is 116 Å². The lowest BCUT2D eigenvalue weighted by molar-refractivity contribution is 0.0563. The molecule has 0 aromatic carbocycles. The Morgan fingerprint density at radius 2 is 2.11 bits per heavy atom. The molecule has 3 aromatic rings. The zero-order valence-electron chi connectivity index (χ0n) is 15.2. The molecule has 8 nitrogen and oxygen atoms in total. The van der Waals surface area contributed by atoms with Gasteiger partial charge in [0, 0.05) is 30.0 Å². The predicted octanol–water partition coefficient (Wildman–Crippen LogP) is 2.09. The Labute approximate surface area is 156 Å². The lowest BCUT2D eigenvalue weighted by Crippen LogP contribution is -2.46. The van der Waals surface area contributed by atoms with Crippen LogP contribution in [-0.4, -0.2) is 49.4 Å². The van der Waals surface area contributed by atoms with Gasteiger partial charge in [-0.3, -0.25) is 14.9 Å². The summed E-state index contributed by atoms with van der Waals surface area (Å²) in [5.74, 6) is -0.208. The fraction of sp³-hybridized carbons (Fsp3) is 0.368. The number of amides is 1. The molecule has 3 aromatic heterocycles. The van der Waals surface area contributed by atoms with Crippen LogP contribution in [0.4, 0.5) is 5.69 Å². The normalized spacial score (nSPS) is 19.1. The first-order valence-electron chi connectivity index (χ1n) is 9.05. The molecule has 4 N–H and O–H groups in total. The molecule has 4 rings (SSSR count). The summed E-state index contributed by atoms with van der Waals surface area (Å²) in [6.45, 7) is 4.02. The van der Waals surface area contributed by atoms with E-state index >= 15 is 0 Å². The fourth-order valence-electron chi connectivity index (χ4n) is 3.19. The van der Waals surface area contributed by atoms with Crippen molar-refractivity contribution in [1.29, 1.82) is 0 Å². The maximum atomic E-state index is 12.8. The number of rotatable bonds is 5. The van der Waals surface area contributed by atoms with Gasteiger partial charge in [-0.1, -0.05) is 0 Å². The molecule has 8 heteroatoms. The Hall–Kier alpha value is -3.00. The largest absolute Gasteiger partial charge is 0.393 e. The molecule has 1 fully saturated rings. The van der Waals surface area contributed by atoms with Crippen molar-refractivity contribution in [1.82, 2.24) is 25.5 Å². The Morgan fingerprint density at radius 3 is 2.78 bits per heavy atom. The van der Waals surface area contributed by atoms with Crippen molar-refractivity contribution in [3.05, 3.63) is 36.3 Å². The van der Waals surface area contributed by atoms with E-state index in [-0.39, 0.29) is 24.1 Å². The Morgan fingerprint density at radius 1 is 1.30 bits per heavy atom. The monoisotopic (exact) mass is 366 g/mol. The van der Waals surface area contributed by atoms with Crippen LogP contribution >= 0.6 is 0 Å². The van der Waals surface area contributed by atoms with Crippen LogP contribution in [0.1, 0.15) is 37.0 Å². The van der Waals surface area contributed by atoms with Crippen LogP contribution in [0.25, 0.3) is 22.3 Å². The van der Waals surface area contributed by atoms with Gasteiger partial charge in [0.05, 0.1) is 34.8 Å². The van der Waals surface area contributed by atoms with Crippen LogP contribution in [0.15, 0.2) is 30.7 Å². The molecule has 0 atom stereocenters. The standard InChI is InChI=1S/C19H22N6O2/c1-10(2)23-17-14(19(27)24-12-5-13(26)6-12)9-20-16-4-3-15(25-18(16)17)11-7-21-22-8-11/h3-4,7-10,12-13,26H,5-6H2,1-2H3,(H,20,23)(H,21,22)(H,24,27). The first kappa shape index (κ1) is 17.4. The number of aromatic nitrogens is 4. The lowest BCUT2D eigenvalue weighted by Gasteiger charge is -2.32. The summed E-state index contributed by atoms with van der Waals surface area (Å²) in [5.41, 5.74) is 4.09. The number of nitrogens with zero attached hydrogens (tertiary/aromatic N) is 3. The van der Waals surface area contributed by atoms with Gasteiger partial charge in [0.25, 0.3) is 5.91 Å². The van der Waals surface area contributed by atoms with Crippen LogP contribution < -0.4 is 10.6 Å². The second-order valence-electron chi connectivity index (χ2n) is 7.19. The molecular weight excluding hydrogens is 344 g/mol. The molecule has 27 heavy (non-hydrogen) atoms. The highest BCUT2D eigenvalue weighted by molar-refractivity contribution is 6.06. The van der Waals surface area contributed by atoms with Crippen molar-refractivity contribution in [2.45, 2.75) is 44.9 Å². The highest BCUT2D eigenvalue weighted by Gasteiger charge is 2.29. The van der Waals surface area contributed by atoms with Crippen LogP contribution in [0.2, 0.25) is 0 Å². The number of aromatic amines is 1. The van der Waals surface area contributed by atoms with Crippen LogP contribution in [0.5, 0.6) is 0 Å². The number of aliphatic hydroxyl groups is 1. The molecule has 1 aliphatic carbocycles. The van der Waals surface area contributed by atoms with E-state index in [2.05, 4.69) is 25.8 Å². The van der Waals surface area contributed by atoms with Gasteiger partial charge in [-0.15, -0.1) is 0 Å². The van der Waals surface area contributed by atoms with Gasteiger partial charge in [0.15, 0.2) is 0 Å². The van der Waals surface area contributed by atoms with Crippen molar-refractivity contribution in [2.75, 3.05) is 5.32 Å². The van der Waals surface area contributed by atoms with Gasteiger partial charge >= 0.3 is 0 Å². The summed E-state index contributed by atoms with van der Waals surface area (Å²) in [6, 6.07) is 3.89. The Kier molecular flexibility index (Phi) is 4.49. The molecule has 0 saturated heterocycles. The molecule has 1 aliphatic rings. The van der Waals surface area contributed by atoms with E-state index in [1.54, 1.807) is 18.6 Å². The summed E-state index contributed by atoms with van der Waals surface area (Å²) >= 11 is 0. The van der Waals surface area contributed by atoms with Crippen molar-refractivity contribution in [3.63, 3.8) is 0 Å². The van der Waals surface area contributed by atoms with Gasteiger partial charge in [-0.05, 0) is 38.8 Å². The summed E-state index contributed by atoms with van der Waals surface area (Å²) in [5, 5.41) is 22.5. The maximum absolute atomic E-state index is 12.8. The van der Waals surface area contributed by atoms with E-state index in [0.717, 1.165) is 11.3 Å². The number of anilines is 1. The second-order valence-corrected chi connectivity index (χ2v) is 7.19. The molecule has 0 bridgehead atoms. The molecule has 0 spiro atoms. The number of nitrogens with one attached hydrogen (secondary N) is 3. The Balaban J connectivity index is 1.76. The Bertz CT molecular complexity index is 964. The predicted molar refractivity (Wildman–Crippen MR) is 102 cm³/mol. The number of pyridine rings is 2. The van der Waals surface area contributed by atoms with Gasteiger partial charge in [-0.25, -0.2) is 4.98 Å². The van der Waals surface area contributed by atoms with Gasteiger partial charge < -0.3 is 15.7 Å². The molecule has 0 radical (unpaired) electrons. The third-order valence-electron chi connectivity index (χ3n) is 4.63. The lowest BCUT2D eigenvalue weighted by atomic mass is 9.89. The zero-order valence-corrected chi connectivity index (χ0v) is 15.2. The third-order valence-corrected chi connectivity index (χ3v) is 4.63. The minimum atomic E-state index is -0.322. The van der Waals surface area contributed by atoms with E-state index in [9.17, 15) is 9.90 Å². The van der Waals surface area contributed by atoms with Crippen molar-refractivity contribution >= 4 is 22.6 Å². The van der Waals surface area contributed by atoms with E-state index in [1.165, 1.54) is 0 Å². The number of H-pyrrole nitrogens is 1. The molecular formula is C19H22N6O2. The van der Waals surface area contributed by atoms with Gasteiger partial charge in [0.1, 0.15) is 5.52 Å². The van der Waals surface area contributed by atoms with Crippen molar-refractivity contribution < 1.29 is 9.90 Å².